The van der Waals surface area contributed by atoms with Crippen molar-refractivity contribution in [2.45, 2.75) is 34.1 Å². The average molecular weight is 426 g/mol. The van der Waals surface area contributed by atoms with Crippen molar-refractivity contribution in [2.75, 3.05) is 38.2 Å². The molecule has 1 heterocycles. The minimum Gasteiger partial charge on any atom is -0.494 e. The zero-order valence-electron chi connectivity index (χ0n) is 18.6. The van der Waals surface area contributed by atoms with Crippen LogP contribution in [0.5, 0.6) is 5.75 Å². The Morgan fingerprint density at radius 1 is 1.10 bits per heavy atom. The van der Waals surface area contributed by atoms with Crippen molar-refractivity contribution in [3.8, 4) is 5.75 Å². The zero-order chi connectivity index (χ0) is 21.7. The third kappa shape index (κ3) is 4.99. The Morgan fingerprint density at radius 3 is 2.53 bits per heavy atom. The Hall–Kier alpha value is -2.44. The first-order valence-corrected chi connectivity index (χ1v) is 11.3. The van der Waals surface area contributed by atoms with Gasteiger partial charge in [0, 0.05) is 13.1 Å². The average Bonchev–Trinajstić information content (AvgIpc) is 3.17. The molecule has 0 spiro atoms. The summed E-state index contributed by atoms with van der Waals surface area (Å²) in [5.74, 6) is 0.813. The van der Waals surface area contributed by atoms with Crippen molar-refractivity contribution < 1.29 is 9.53 Å². The van der Waals surface area contributed by atoms with Crippen LogP contribution in [0.4, 0.5) is 5.13 Å². The van der Waals surface area contributed by atoms with Crippen molar-refractivity contribution in [1.29, 1.82) is 0 Å². The number of rotatable bonds is 9. The number of methoxy groups -OCH3 is 1. The standard InChI is InChI=1S/C24H31N3O2S/c1-6-26(7-2)13-14-27(22(28)16-19-12-11-17(3)15-18(19)4)24-25-23-20(29-5)9-8-10-21(23)30-24/h8-12,15H,6-7,13-14,16H2,1-5H3. The normalized spacial score (nSPS) is 11.3. The SMILES string of the molecule is CCN(CC)CCN(C(=O)Cc1ccc(C)cc1C)c1nc2c(OC)cccc2s1. The number of ether oxygens (including phenoxy) is 1. The zero-order valence-corrected chi connectivity index (χ0v) is 19.4. The van der Waals surface area contributed by atoms with E-state index in [0.717, 1.165) is 51.9 Å². The molecule has 5 nitrogen and oxygen atoms in total. The molecular weight excluding hydrogens is 394 g/mol. The minimum atomic E-state index is 0.0760. The number of para-hydroxylation sites is 1. The van der Waals surface area contributed by atoms with Crippen LogP contribution in [-0.4, -0.2) is 49.1 Å². The Labute approximate surface area is 183 Å². The molecule has 3 aromatic rings. The van der Waals surface area contributed by atoms with Gasteiger partial charge in [-0.2, -0.15) is 0 Å². The molecule has 0 N–H and O–H groups in total. The Morgan fingerprint density at radius 2 is 1.87 bits per heavy atom. The van der Waals surface area contributed by atoms with Crippen LogP contribution < -0.4 is 9.64 Å². The fraction of sp³-hybridized carbons (Fsp3) is 0.417. The molecule has 0 aliphatic heterocycles. The molecule has 6 heteroatoms. The molecule has 0 fully saturated rings. The maximum absolute atomic E-state index is 13.4. The quantitative estimate of drug-likeness (QED) is 0.492. The van der Waals surface area contributed by atoms with Crippen LogP contribution in [0.25, 0.3) is 10.2 Å². The van der Waals surface area contributed by atoms with Crippen molar-refractivity contribution in [3.05, 3.63) is 53.1 Å². The largest absolute Gasteiger partial charge is 0.494 e. The number of hydrogen-bond acceptors (Lipinski definition) is 5. The first kappa shape index (κ1) is 22.2. The molecule has 0 aliphatic carbocycles. The van der Waals surface area contributed by atoms with Gasteiger partial charge in [0.2, 0.25) is 5.91 Å². The monoisotopic (exact) mass is 425 g/mol. The number of fused-ring (bicyclic) bond motifs is 1. The van der Waals surface area contributed by atoms with E-state index >= 15 is 0 Å². The van der Waals surface area contributed by atoms with E-state index in [9.17, 15) is 4.79 Å². The van der Waals surface area contributed by atoms with Gasteiger partial charge in [0.05, 0.1) is 18.2 Å². The van der Waals surface area contributed by atoms with Gasteiger partial charge in [-0.3, -0.25) is 9.69 Å². The van der Waals surface area contributed by atoms with Crippen LogP contribution in [0.2, 0.25) is 0 Å². The van der Waals surface area contributed by atoms with Gasteiger partial charge in [-0.25, -0.2) is 4.98 Å². The molecule has 0 bridgehead atoms. The molecule has 0 atom stereocenters. The van der Waals surface area contributed by atoms with E-state index in [2.05, 4.69) is 50.8 Å². The van der Waals surface area contributed by atoms with Crippen LogP contribution in [0, 0.1) is 13.8 Å². The molecule has 1 amide bonds. The summed E-state index contributed by atoms with van der Waals surface area (Å²) in [7, 11) is 1.65. The van der Waals surface area contributed by atoms with Crippen molar-refractivity contribution in [3.63, 3.8) is 0 Å². The third-order valence-corrected chi connectivity index (χ3v) is 6.54. The number of carbonyl (C=O) groups is 1. The molecule has 2 aromatic carbocycles. The maximum atomic E-state index is 13.4. The summed E-state index contributed by atoms with van der Waals surface area (Å²) in [6.45, 7) is 11.8. The first-order chi connectivity index (χ1) is 14.5. The van der Waals surface area contributed by atoms with Crippen molar-refractivity contribution in [1.82, 2.24) is 9.88 Å². The fourth-order valence-corrected chi connectivity index (χ4v) is 4.63. The minimum absolute atomic E-state index is 0.0760. The Bertz CT molecular complexity index is 1010. The molecule has 0 unspecified atom stereocenters. The van der Waals surface area contributed by atoms with E-state index in [4.69, 9.17) is 9.72 Å². The van der Waals surface area contributed by atoms with Gasteiger partial charge in [-0.1, -0.05) is 55.0 Å². The summed E-state index contributed by atoms with van der Waals surface area (Å²) < 4.78 is 6.49. The third-order valence-electron chi connectivity index (χ3n) is 5.50. The number of hydrogen-bond donors (Lipinski definition) is 0. The molecule has 0 saturated carbocycles. The summed E-state index contributed by atoms with van der Waals surface area (Å²) in [6.07, 6.45) is 0.372. The number of thiazole rings is 1. The first-order valence-electron chi connectivity index (χ1n) is 10.5. The van der Waals surface area contributed by atoms with E-state index in [1.165, 1.54) is 5.56 Å². The van der Waals surface area contributed by atoms with Crippen LogP contribution in [0.15, 0.2) is 36.4 Å². The predicted octanol–water partition coefficient (Wildman–Crippen LogP) is 4.84. The smallest absolute Gasteiger partial charge is 0.233 e. The summed E-state index contributed by atoms with van der Waals surface area (Å²) in [5, 5.41) is 0.733. The lowest BCUT2D eigenvalue weighted by molar-refractivity contribution is -0.118. The number of likely N-dealkylation sites (N-methyl/N-ethyl adjacent to an activating group) is 1. The topological polar surface area (TPSA) is 45.7 Å². The lowest BCUT2D eigenvalue weighted by Gasteiger charge is -2.25. The van der Waals surface area contributed by atoms with E-state index in [1.807, 2.05) is 23.1 Å². The van der Waals surface area contributed by atoms with Gasteiger partial charge < -0.3 is 9.64 Å². The highest BCUT2D eigenvalue weighted by Crippen LogP contribution is 2.34. The van der Waals surface area contributed by atoms with E-state index in [-0.39, 0.29) is 5.91 Å². The number of nitrogens with zero attached hydrogens (tertiary/aromatic N) is 3. The summed E-state index contributed by atoms with van der Waals surface area (Å²) in [4.78, 5) is 22.4. The Balaban J connectivity index is 1.92. The summed E-state index contributed by atoms with van der Waals surface area (Å²) >= 11 is 1.54. The molecule has 0 saturated heterocycles. The molecule has 0 radical (unpaired) electrons. The molecule has 0 aliphatic rings. The lowest BCUT2D eigenvalue weighted by Crippen LogP contribution is -2.39. The van der Waals surface area contributed by atoms with E-state index < -0.39 is 0 Å². The van der Waals surface area contributed by atoms with E-state index in [0.29, 0.717) is 13.0 Å². The second-order valence-corrected chi connectivity index (χ2v) is 8.49. The highest BCUT2D eigenvalue weighted by molar-refractivity contribution is 7.22. The number of anilines is 1. The van der Waals surface area contributed by atoms with Crippen LogP contribution in [-0.2, 0) is 11.2 Å². The number of aromatic nitrogens is 1. The molecule has 3 rings (SSSR count). The van der Waals surface area contributed by atoms with Crippen molar-refractivity contribution >= 4 is 32.6 Å². The van der Waals surface area contributed by atoms with Gasteiger partial charge in [0.25, 0.3) is 0 Å². The lowest BCUT2D eigenvalue weighted by atomic mass is 10.0. The van der Waals surface area contributed by atoms with Crippen molar-refractivity contribution in [2.24, 2.45) is 0 Å². The van der Waals surface area contributed by atoms with Gasteiger partial charge in [-0.05, 0) is 50.2 Å². The second kappa shape index (κ2) is 10.0. The Kier molecular flexibility index (Phi) is 7.45. The number of benzene rings is 2. The molecule has 160 valence electrons. The van der Waals surface area contributed by atoms with Gasteiger partial charge >= 0.3 is 0 Å². The van der Waals surface area contributed by atoms with Crippen LogP contribution in [0.3, 0.4) is 0 Å². The van der Waals surface area contributed by atoms with Crippen LogP contribution in [0.1, 0.15) is 30.5 Å². The second-order valence-electron chi connectivity index (χ2n) is 7.48. The van der Waals surface area contributed by atoms with Gasteiger partial charge in [-0.15, -0.1) is 0 Å². The molecule has 30 heavy (non-hydrogen) atoms. The van der Waals surface area contributed by atoms with Gasteiger partial charge in [0.15, 0.2) is 5.13 Å². The van der Waals surface area contributed by atoms with Gasteiger partial charge in [0.1, 0.15) is 11.3 Å². The highest BCUT2D eigenvalue weighted by Gasteiger charge is 2.22. The highest BCUT2D eigenvalue weighted by atomic mass is 32.1. The summed E-state index contributed by atoms with van der Waals surface area (Å²) in [6, 6.07) is 12.1. The van der Waals surface area contributed by atoms with E-state index in [1.54, 1.807) is 18.4 Å². The fourth-order valence-electron chi connectivity index (χ4n) is 3.60. The predicted molar refractivity (Wildman–Crippen MR) is 126 cm³/mol. The maximum Gasteiger partial charge on any atom is 0.233 e. The summed E-state index contributed by atoms with van der Waals surface area (Å²) in [5.41, 5.74) is 4.24. The molecular formula is C24H31N3O2S. The van der Waals surface area contributed by atoms with Crippen LogP contribution >= 0.6 is 11.3 Å². The number of aryl methyl sites for hydroxylation is 2. The molecule has 1 aromatic heterocycles. The number of carbonyl (C=O) groups excluding carboxylic acids is 1. The number of amides is 1.